The van der Waals surface area contributed by atoms with E-state index in [2.05, 4.69) is 0 Å². The molecule has 0 aliphatic carbocycles. The SMILES string of the molecule is CC(C)=CC(=O)OCCOCCOCCOCCO.O. The van der Waals surface area contributed by atoms with Gasteiger partial charge in [0.25, 0.3) is 0 Å². The summed E-state index contributed by atoms with van der Waals surface area (Å²) in [5.41, 5.74) is 0.905. The first-order valence-electron chi connectivity index (χ1n) is 6.32. The molecule has 0 saturated heterocycles. The van der Waals surface area contributed by atoms with Crippen molar-refractivity contribution in [3.05, 3.63) is 11.6 Å². The van der Waals surface area contributed by atoms with E-state index in [-0.39, 0.29) is 24.7 Å². The summed E-state index contributed by atoms with van der Waals surface area (Å²) in [4.78, 5) is 11.1. The van der Waals surface area contributed by atoms with Crippen molar-refractivity contribution in [3.63, 3.8) is 0 Å². The van der Waals surface area contributed by atoms with Crippen molar-refractivity contribution in [2.24, 2.45) is 0 Å². The van der Waals surface area contributed by atoms with E-state index >= 15 is 0 Å². The Morgan fingerprint density at radius 2 is 1.35 bits per heavy atom. The van der Waals surface area contributed by atoms with E-state index in [1.165, 1.54) is 6.08 Å². The van der Waals surface area contributed by atoms with Gasteiger partial charge in [0.1, 0.15) is 6.61 Å². The molecule has 0 heterocycles. The highest BCUT2D eigenvalue weighted by Gasteiger charge is 1.97. The van der Waals surface area contributed by atoms with E-state index in [0.29, 0.717) is 39.6 Å². The van der Waals surface area contributed by atoms with Gasteiger partial charge < -0.3 is 29.5 Å². The van der Waals surface area contributed by atoms with Crippen LogP contribution in [0.5, 0.6) is 0 Å². The van der Waals surface area contributed by atoms with Crippen molar-refractivity contribution in [2.45, 2.75) is 13.8 Å². The lowest BCUT2D eigenvalue weighted by Crippen LogP contribution is -2.13. The van der Waals surface area contributed by atoms with Gasteiger partial charge >= 0.3 is 5.97 Å². The standard InChI is InChI=1S/C13H24O6.H2O/c1-12(2)11-13(15)19-10-9-18-8-7-17-6-5-16-4-3-14;/h11,14H,3-10H2,1-2H3;1H2. The second-order valence-electron chi connectivity index (χ2n) is 3.95. The monoisotopic (exact) mass is 294 g/mol. The molecular formula is C13H26O7. The highest BCUT2D eigenvalue weighted by atomic mass is 16.6. The van der Waals surface area contributed by atoms with Crippen LogP contribution in [-0.4, -0.2) is 69.4 Å². The second kappa shape index (κ2) is 16.1. The number of carbonyl (C=O) groups excluding carboxylic acids is 1. The fourth-order valence-corrected chi connectivity index (χ4v) is 1.08. The maximum Gasteiger partial charge on any atom is 0.330 e. The molecule has 0 radical (unpaired) electrons. The van der Waals surface area contributed by atoms with Gasteiger partial charge in [-0.05, 0) is 13.8 Å². The normalized spacial score (nSPS) is 9.75. The van der Waals surface area contributed by atoms with Crippen LogP contribution < -0.4 is 0 Å². The Balaban J connectivity index is 0. The third-order valence-electron chi connectivity index (χ3n) is 1.86. The summed E-state index contributed by atoms with van der Waals surface area (Å²) in [5.74, 6) is -0.346. The summed E-state index contributed by atoms with van der Waals surface area (Å²) >= 11 is 0. The van der Waals surface area contributed by atoms with Gasteiger partial charge in [-0.1, -0.05) is 5.57 Å². The molecule has 20 heavy (non-hydrogen) atoms. The average molecular weight is 294 g/mol. The minimum Gasteiger partial charge on any atom is -0.460 e. The second-order valence-corrected chi connectivity index (χ2v) is 3.95. The quantitative estimate of drug-likeness (QED) is 0.301. The van der Waals surface area contributed by atoms with Crippen LogP contribution in [0.1, 0.15) is 13.8 Å². The molecule has 0 rings (SSSR count). The number of aliphatic hydroxyl groups excluding tert-OH is 1. The van der Waals surface area contributed by atoms with E-state index in [1.807, 2.05) is 13.8 Å². The first-order valence-corrected chi connectivity index (χ1v) is 6.32. The molecule has 0 aromatic carbocycles. The molecule has 0 fully saturated rings. The Bertz CT molecular complexity index is 249. The van der Waals surface area contributed by atoms with Crippen LogP contribution in [-0.2, 0) is 23.7 Å². The van der Waals surface area contributed by atoms with Crippen LogP contribution in [0, 0.1) is 0 Å². The molecule has 0 atom stereocenters. The number of allylic oxidation sites excluding steroid dienone is 1. The van der Waals surface area contributed by atoms with Crippen molar-refractivity contribution < 1.29 is 34.3 Å². The number of rotatable bonds is 12. The summed E-state index contributed by atoms with van der Waals surface area (Å²) in [5, 5.41) is 8.45. The first-order chi connectivity index (χ1) is 9.16. The van der Waals surface area contributed by atoms with Gasteiger partial charge in [0.05, 0.1) is 46.2 Å². The third kappa shape index (κ3) is 17.0. The van der Waals surface area contributed by atoms with Crippen LogP contribution >= 0.6 is 0 Å². The summed E-state index contributed by atoms with van der Waals surface area (Å²) < 4.78 is 20.3. The minimum absolute atomic E-state index is 0. The Kier molecular flexibility index (Phi) is 17.1. The summed E-state index contributed by atoms with van der Waals surface area (Å²) in [6.07, 6.45) is 1.44. The maximum absolute atomic E-state index is 11.1. The summed E-state index contributed by atoms with van der Waals surface area (Å²) in [7, 11) is 0. The molecule has 7 heteroatoms. The molecule has 3 N–H and O–H groups in total. The Labute approximate surface area is 119 Å². The molecule has 0 aliphatic heterocycles. The molecule has 0 aliphatic rings. The summed E-state index contributed by atoms with van der Waals surface area (Å²) in [6, 6.07) is 0. The molecule has 0 aromatic rings. The molecule has 0 saturated carbocycles. The number of carbonyl (C=O) groups is 1. The number of ether oxygens (including phenoxy) is 4. The highest BCUT2D eigenvalue weighted by Crippen LogP contribution is 1.91. The maximum atomic E-state index is 11.1. The lowest BCUT2D eigenvalue weighted by Gasteiger charge is -2.06. The van der Waals surface area contributed by atoms with Gasteiger partial charge in [-0.2, -0.15) is 0 Å². The topological polar surface area (TPSA) is 106 Å². The molecule has 0 amide bonds. The lowest BCUT2D eigenvalue weighted by atomic mass is 10.3. The largest absolute Gasteiger partial charge is 0.460 e. The predicted octanol–water partition coefficient (Wildman–Crippen LogP) is -0.287. The lowest BCUT2D eigenvalue weighted by molar-refractivity contribution is -0.139. The molecule has 120 valence electrons. The molecule has 7 nitrogen and oxygen atoms in total. The van der Waals surface area contributed by atoms with Gasteiger partial charge in [-0.3, -0.25) is 0 Å². The van der Waals surface area contributed by atoms with Crippen LogP contribution in [0.25, 0.3) is 0 Å². The van der Waals surface area contributed by atoms with Gasteiger partial charge in [-0.25, -0.2) is 4.79 Å². The van der Waals surface area contributed by atoms with Crippen molar-refractivity contribution in [1.82, 2.24) is 0 Å². The van der Waals surface area contributed by atoms with E-state index in [9.17, 15) is 4.79 Å². The molecule has 0 aromatic heterocycles. The van der Waals surface area contributed by atoms with E-state index in [0.717, 1.165) is 5.57 Å². The van der Waals surface area contributed by atoms with Crippen molar-refractivity contribution in [3.8, 4) is 0 Å². The van der Waals surface area contributed by atoms with E-state index in [1.54, 1.807) is 0 Å². The van der Waals surface area contributed by atoms with Crippen molar-refractivity contribution in [1.29, 1.82) is 0 Å². The average Bonchev–Trinajstić information content (AvgIpc) is 2.35. The van der Waals surface area contributed by atoms with Gasteiger partial charge in [0, 0.05) is 6.08 Å². The van der Waals surface area contributed by atoms with Crippen LogP contribution in [0.2, 0.25) is 0 Å². The fraction of sp³-hybridized carbons (Fsp3) is 0.769. The number of esters is 1. The Hall–Kier alpha value is -0.990. The molecule has 0 spiro atoms. The zero-order valence-corrected chi connectivity index (χ0v) is 12.2. The Morgan fingerprint density at radius 1 is 0.900 bits per heavy atom. The zero-order chi connectivity index (χ0) is 14.3. The van der Waals surface area contributed by atoms with Gasteiger partial charge in [-0.15, -0.1) is 0 Å². The predicted molar refractivity (Wildman–Crippen MR) is 73.5 cm³/mol. The molecule has 0 bridgehead atoms. The molecule has 0 unspecified atom stereocenters. The fourth-order valence-electron chi connectivity index (χ4n) is 1.08. The number of hydrogen-bond donors (Lipinski definition) is 1. The van der Waals surface area contributed by atoms with Crippen LogP contribution in [0.3, 0.4) is 0 Å². The zero-order valence-electron chi connectivity index (χ0n) is 12.2. The number of aliphatic hydroxyl groups is 1. The third-order valence-corrected chi connectivity index (χ3v) is 1.86. The molecular weight excluding hydrogens is 268 g/mol. The van der Waals surface area contributed by atoms with Crippen LogP contribution in [0.15, 0.2) is 11.6 Å². The van der Waals surface area contributed by atoms with Crippen molar-refractivity contribution in [2.75, 3.05) is 52.9 Å². The van der Waals surface area contributed by atoms with E-state index in [4.69, 9.17) is 24.1 Å². The van der Waals surface area contributed by atoms with Gasteiger partial charge in [0.15, 0.2) is 0 Å². The Morgan fingerprint density at radius 3 is 1.80 bits per heavy atom. The highest BCUT2D eigenvalue weighted by molar-refractivity contribution is 5.82. The van der Waals surface area contributed by atoms with Crippen molar-refractivity contribution >= 4 is 5.97 Å². The minimum atomic E-state index is -0.346. The van der Waals surface area contributed by atoms with Gasteiger partial charge in [0.2, 0.25) is 0 Å². The first kappa shape index (κ1) is 21.3. The summed E-state index contributed by atoms with van der Waals surface area (Å²) in [6.45, 7) is 6.45. The van der Waals surface area contributed by atoms with Crippen LogP contribution in [0.4, 0.5) is 0 Å². The van der Waals surface area contributed by atoms with E-state index < -0.39 is 0 Å². The number of hydrogen-bond acceptors (Lipinski definition) is 6. The smallest absolute Gasteiger partial charge is 0.330 e.